The lowest BCUT2D eigenvalue weighted by molar-refractivity contribution is -0.167. The van der Waals surface area contributed by atoms with Gasteiger partial charge in [0.1, 0.15) is 0 Å². The third-order valence-corrected chi connectivity index (χ3v) is 2.58. The van der Waals surface area contributed by atoms with E-state index in [1.54, 1.807) is 0 Å². The van der Waals surface area contributed by atoms with Crippen molar-refractivity contribution in [2.24, 2.45) is 0 Å². The van der Waals surface area contributed by atoms with Crippen molar-refractivity contribution < 1.29 is 18.3 Å². The van der Waals surface area contributed by atoms with Gasteiger partial charge in [-0.15, -0.1) is 0 Å². The zero-order valence-corrected chi connectivity index (χ0v) is 8.43. The summed E-state index contributed by atoms with van der Waals surface area (Å²) in [5, 5.41) is 0. The first-order valence-electron chi connectivity index (χ1n) is 4.91. The third-order valence-electron chi connectivity index (χ3n) is 2.58. The second-order valence-corrected chi connectivity index (χ2v) is 3.43. The van der Waals surface area contributed by atoms with Crippen LogP contribution in [0.2, 0.25) is 0 Å². The fraction of sp³-hybridized carbons (Fsp3) is 0.455. The van der Waals surface area contributed by atoms with Crippen molar-refractivity contribution >= 4 is 0 Å². The fourth-order valence-electron chi connectivity index (χ4n) is 1.76. The second-order valence-electron chi connectivity index (χ2n) is 3.43. The van der Waals surface area contributed by atoms with E-state index < -0.39 is 17.4 Å². The zero-order valence-electron chi connectivity index (χ0n) is 8.43. The molecule has 0 amide bonds. The molecule has 0 radical (unpaired) electrons. The van der Waals surface area contributed by atoms with Gasteiger partial charge in [0.2, 0.25) is 0 Å². The molecule has 1 fully saturated rings. The molecule has 1 aliphatic rings. The molecule has 1 heterocycles. The maximum Gasteiger partial charge on any atom is 0.194 e. The highest BCUT2D eigenvalue weighted by molar-refractivity contribution is 5.23. The van der Waals surface area contributed by atoms with Gasteiger partial charge in [-0.25, -0.2) is 8.78 Å². The van der Waals surface area contributed by atoms with Crippen LogP contribution in [0.5, 0.6) is 0 Å². The monoisotopic (exact) mass is 214 g/mol. The number of hydrogen-bond acceptors (Lipinski definition) is 2. The van der Waals surface area contributed by atoms with Crippen LogP contribution in [0.15, 0.2) is 18.2 Å². The lowest BCUT2D eigenvalue weighted by atomic mass is 10.0. The van der Waals surface area contributed by atoms with Crippen molar-refractivity contribution in [3.8, 4) is 0 Å². The molecule has 0 N–H and O–H groups in total. The molecule has 1 aromatic rings. The Bertz CT molecular complexity index is 360. The summed E-state index contributed by atoms with van der Waals surface area (Å²) in [4.78, 5) is 0. The highest BCUT2D eigenvalue weighted by Gasteiger charge is 2.37. The van der Waals surface area contributed by atoms with Gasteiger partial charge in [-0.05, 0) is 12.1 Å². The molecule has 15 heavy (non-hydrogen) atoms. The number of ether oxygens (including phenoxy) is 2. The maximum atomic E-state index is 13.1. The number of benzene rings is 1. The van der Waals surface area contributed by atoms with E-state index in [2.05, 4.69) is 0 Å². The van der Waals surface area contributed by atoms with Crippen LogP contribution in [0.4, 0.5) is 8.78 Å². The first-order valence-corrected chi connectivity index (χ1v) is 4.91. The molecule has 82 valence electrons. The Balaban J connectivity index is 2.38. The Hall–Kier alpha value is -1.00. The molecule has 0 aromatic heterocycles. The fourth-order valence-corrected chi connectivity index (χ4v) is 1.76. The highest BCUT2D eigenvalue weighted by Crippen LogP contribution is 2.35. The predicted octanol–water partition coefficient (Wildman–Crippen LogP) is 2.57. The van der Waals surface area contributed by atoms with E-state index in [1.807, 2.05) is 6.92 Å². The van der Waals surface area contributed by atoms with Gasteiger partial charge in [-0.1, -0.05) is 13.0 Å². The van der Waals surface area contributed by atoms with Gasteiger partial charge in [0.15, 0.2) is 17.4 Å². The molecule has 0 aliphatic carbocycles. The summed E-state index contributed by atoms with van der Waals surface area (Å²) < 4.78 is 36.7. The average molecular weight is 214 g/mol. The Morgan fingerprint density at radius 3 is 2.40 bits per heavy atom. The van der Waals surface area contributed by atoms with E-state index in [-0.39, 0.29) is 0 Å². The van der Waals surface area contributed by atoms with E-state index in [0.29, 0.717) is 25.2 Å². The maximum absolute atomic E-state index is 13.1. The minimum atomic E-state index is -0.894. The normalized spacial score (nSPS) is 19.4. The summed E-state index contributed by atoms with van der Waals surface area (Å²) in [5.41, 5.74) is 0.529. The average Bonchev–Trinajstić information content (AvgIpc) is 2.72. The molecule has 0 unspecified atom stereocenters. The predicted molar refractivity (Wildman–Crippen MR) is 50.2 cm³/mol. The zero-order chi connectivity index (χ0) is 10.9. The molecule has 2 nitrogen and oxygen atoms in total. The van der Waals surface area contributed by atoms with Crippen LogP contribution in [-0.2, 0) is 15.3 Å². The number of halogens is 2. The quantitative estimate of drug-likeness (QED) is 0.753. The minimum Gasteiger partial charge on any atom is -0.343 e. The minimum absolute atomic E-state index is 0.479. The van der Waals surface area contributed by atoms with Gasteiger partial charge in [-0.3, -0.25) is 0 Å². The van der Waals surface area contributed by atoms with Crippen molar-refractivity contribution in [2.75, 3.05) is 13.2 Å². The van der Waals surface area contributed by atoms with Gasteiger partial charge < -0.3 is 9.47 Å². The lowest BCUT2D eigenvalue weighted by Gasteiger charge is -2.26. The van der Waals surface area contributed by atoms with Gasteiger partial charge in [0, 0.05) is 12.0 Å². The SMILES string of the molecule is CCC1(c2ccc(F)c(F)c2)OCCO1. The van der Waals surface area contributed by atoms with Gasteiger partial charge in [0.25, 0.3) is 0 Å². The van der Waals surface area contributed by atoms with Crippen LogP contribution in [-0.4, -0.2) is 13.2 Å². The lowest BCUT2D eigenvalue weighted by Crippen LogP contribution is -2.26. The van der Waals surface area contributed by atoms with Crippen molar-refractivity contribution in [3.05, 3.63) is 35.4 Å². The summed E-state index contributed by atoms with van der Waals surface area (Å²) in [5.74, 6) is -2.63. The van der Waals surface area contributed by atoms with Crippen molar-refractivity contribution in [1.29, 1.82) is 0 Å². The second kappa shape index (κ2) is 3.87. The molecule has 1 aliphatic heterocycles. The third kappa shape index (κ3) is 1.75. The number of hydrogen-bond donors (Lipinski definition) is 0. The van der Waals surface area contributed by atoms with Crippen LogP contribution in [0.3, 0.4) is 0 Å². The summed E-state index contributed by atoms with van der Waals surface area (Å²) in [6.07, 6.45) is 0.568. The molecule has 2 rings (SSSR count). The smallest absolute Gasteiger partial charge is 0.194 e. The van der Waals surface area contributed by atoms with Gasteiger partial charge >= 0.3 is 0 Å². The topological polar surface area (TPSA) is 18.5 Å². The number of rotatable bonds is 2. The Morgan fingerprint density at radius 1 is 1.20 bits per heavy atom. The van der Waals surface area contributed by atoms with Crippen molar-refractivity contribution in [3.63, 3.8) is 0 Å². The Kier molecular flexibility index (Phi) is 2.71. The van der Waals surface area contributed by atoms with E-state index in [9.17, 15) is 8.78 Å². The Morgan fingerprint density at radius 2 is 1.87 bits per heavy atom. The molecule has 1 saturated heterocycles. The van der Waals surface area contributed by atoms with Crippen LogP contribution < -0.4 is 0 Å². The molecule has 1 aromatic carbocycles. The highest BCUT2D eigenvalue weighted by atomic mass is 19.2. The summed E-state index contributed by atoms with van der Waals surface area (Å²) >= 11 is 0. The van der Waals surface area contributed by atoms with Crippen LogP contribution in [0.1, 0.15) is 18.9 Å². The van der Waals surface area contributed by atoms with E-state index in [4.69, 9.17) is 9.47 Å². The molecular formula is C11H12F2O2. The molecular weight excluding hydrogens is 202 g/mol. The van der Waals surface area contributed by atoms with Crippen molar-refractivity contribution in [1.82, 2.24) is 0 Å². The standard InChI is InChI=1S/C11H12F2O2/c1-2-11(14-5-6-15-11)8-3-4-9(12)10(13)7-8/h3-4,7H,2,5-6H2,1H3. The van der Waals surface area contributed by atoms with Gasteiger partial charge in [-0.2, -0.15) is 0 Å². The summed E-state index contributed by atoms with van der Waals surface area (Å²) in [6.45, 7) is 2.84. The molecule has 0 atom stereocenters. The summed E-state index contributed by atoms with van der Waals surface area (Å²) in [7, 11) is 0. The molecule has 0 bridgehead atoms. The Labute approximate surface area is 86.8 Å². The van der Waals surface area contributed by atoms with Crippen LogP contribution in [0.25, 0.3) is 0 Å². The van der Waals surface area contributed by atoms with E-state index >= 15 is 0 Å². The van der Waals surface area contributed by atoms with Crippen LogP contribution in [0, 0.1) is 11.6 Å². The molecule has 4 heteroatoms. The van der Waals surface area contributed by atoms with Crippen LogP contribution >= 0.6 is 0 Å². The summed E-state index contributed by atoms with van der Waals surface area (Å²) in [6, 6.07) is 3.71. The molecule has 0 spiro atoms. The molecule has 0 saturated carbocycles. The van der Waals surface area contributed by atoms with E-state index in [0.717, 1.165) is 12.1 Å². The van der Waals surface area contributed by atoms with Gasteiger partial charge in [0.05, 0.1) is 13.2 Å². The van der Waals surface area contributed by atoms with Crippen molar-refractivity contribution in [2.45, 2.75) is 19.1 Å². The first kappa shape index (κ1) is 10.5. The largest absolute Gasteiger partial charge is 0.343 e. The van der Waals surface area contributed by atoms with E-state index in [1.165, 1.54) is 6.07 Å². The first-order chi connectivity index (χ1) is 7.18.